The summed E-state index contributed by atoms with van der Waals surface area (Å²) in [5.41, 5.74) is 1.30. The summed E-state index contributed by atoms with van der Waals surface area (Å²) in [5.74, 6) is 0.211. The molecule has 0 aliphatic rings. The number of nitro benzene ring substituents is 1. The number of nitro groups is 1. The van der Waals surface area contributed by atoms with Crippen LogP contribution < -0.4 is 4.74 Å². The molecule has 0 heterocycles. The zero-order valence-electron chi connectivity index (χ0n) is 10.2. The molecule has 0 N–H and O–H groups in total. The van der Waals surface area contributed by atoms with Crippen molar-refractivity contribution in [1.29, 1.82) is 5.26 Å². The standard InChI is InChI=1S/C14H9BrN2O3/c15-12-5-6-14(13(7-12)17(18)19)20-9-11-3-1-10(8-16)2-4-11/h1-7H,9H2. The molecule has 0 aliphatic heterocycles. The second kappa shape index (κ2) is 6.17. The summed E-state index contributed by atoms with van der Waals surface area (Å²) in [6.07, 6.45) is 0. The molecular weight excluding hydrogens is 324 g/mol. The Morgan fingerprint density at radius 1 is 1.25 bits per heavy atom. The molecule has 0 saturated carbocycles. The number of hydrogen-bond acceptors (Lipinski definition) is 4. The van der Waals surface area contributed by atoms with E-state index in [1.165, 1.54) is 6.07 Å². The van der Waals surface area contributed by atoms with E-state index in [1.54, 1.807) is 36.4 Å². The molecule has 0 saturated heterocycles. The highest BCUT2D eigenvalue weighted by molar-refractivity contribution is 9.10. The van der Waals surface area contributed by atoms with Gasteiger partial charge in [-0.15, -0.1) is 0 Å². The van der Waals surface area contributed by atoms with Crippen LogP contribution in [-0.2, 0) is 6.61 Å². The molecule has 20 heavy (non-hydrogen) atoms. The monoisotopic (exact) mass is 332 g/mol. The molecule has 0 aromatic heterocycles. The van der Waals surface area contributed by atoms with Crippen molar-refractivity contribution in [2.45, 2.75) is 6.61 Å². The number of nitrogens with zero attached hydrogens (tertiary/aromatic N) is 2. The van der Waals surface area contributed by atoms with Crippen LogP contribution in [0.25, 0.3) is 0 Å². The van der Waals surface area contributed by atoms with Crippen molar-refractivity contribution in [1.82, 2.24) is 0 Å². The highest BCUT2D eigenvalue weighted by Gasteiger charge is 2.15. The van der Waals surface area contributed by atoms with Crippen LogP contribution in [-0.4, -0.2) is 4.92 Å². The molecule has 5 nitrogen and oxygen atoms in total. The third-order valence-electron chi connectivity index (χ3n) is 2.60. The van der Waals surface area contributed by atoms with Crippen LogP contribution in [0, 0.1) is 21.4 Å². The van der Waals surface area contributed by atoms with Crippen molar-refractivity contribution in [3.63, 3.8) is 0 Å². The molecule has 0 spiro atoms. The van der Waals surface area contributed by atoms with Crippen LogP contribution in [0.2, 0.25) is 0 Å². The summed E-state index contributed by atoms with van der Waals surface area (Å²) in [5, 5.41) is 19.6. The fourth-order valence-corrected chi connectivity index (χ4v) is 1.94. The number of nitriles is 1. The largest absolute Gasteiger partial charge is 0.482 e. The van der Waals surface area contributed by atoms with Crippen molar-refractivity contribution in [3.8, 4) is 11.8 Å². The van der Waals surface area contributed by atoms with Gasteiger partial charge in [0.15, 0.2) is 5.75 Å². The molecule has 0 aliphatic carbocycles. The first kappa shape index (κ1) is 14.0. The van der Waals surface area contributed by atoms with E-state index in [1.807, 2.05) is 6.07 Å². The van der Waals surface area contributed by atoms with Crippen LogP contribution in [0.15, 0.2) is 46.9 Å². The predicted octanol–water partition coefficient (Wildman–Crippen LogP) is 3.81. The maximum absolute atomic E-state index is 10.9. The summed E-state index contributed by atoms with van der Waals surface area (Å²) in [6, 6.07) is 13.5. The molecule has 100 valence electrons. The van der Waals surface area contributed by atoms with Gasteiger partial charge in [-0.3, -0.25) is 10.1 Å². The van der Waals surface area contributed by atoms with Gasteiger partial charge in [-0.2, -0.15) is 5.26 Å². The second-order valence-electron chi connectivity index (χ2n) is 3.97. The second-order valence-corrected chi connectivity index (χ2v) is 4.88. The van der Waals surface area contributed by atoms with E-state index in [0.717, 1.165) is 5.56 Å². The highest BCUT2D eigenvalue weighted by Crippen LogP contribution is 2.30. The van der Waals surface area contributed by atoms with Gasteiger partial charge in [0.25, 0.3) is 0 Å². The first-order valence-electron chi connectivity index (χ1n) is 5.66. The van der Waals surface area contributed by atoms with Gasteiger partial charge >= 0.3 is 5.69 Å². The minimum atomic E-state index is -0.487. The molecule has 0 atom stereocenters. The van der Waals surface area contributed by atoms with Crippen molar-refractivity contribution in [2.75, 3.05) is 0 Å². The first-order valence-corrected chi connectivity index (χ1v) is 6.45. The SMILES string of the molecule is N#Cc1ccc(COc2ccc(Br)cc2[N+](=O)[O-])cc1. The van der Waals surface area contributed by atoms with Crippen LogP contribution >= 0.6 is 15.9 Å². The number of rotatable bonds is 4. The summed E-state index contributed by atoms with van der Waals surface area (Å²) in [7, 11) is 0. The predicted molar refractivity (Wildman–Crippen MR) is 76.3 cm³/mol. The van der Waals surface area contributed by atoms with Crippen LogP contribution in [0.5, 0.6) is 5.75 Å². The van der Waals surface area contributed by atoms with E-state index >= 15 is 0 Å². The van der Waals surface area contributed by atoms with Gasteiger partial charge < -0.3 is 4.74 Å². The van der Waals surface area contributed by atoms with Gasteiger partial charge in [-0.25, -0.2) is 0 Å². The van der Waals surface area contributed by atoms with E-state index < -0.39 is 4.92 Å². The average Bonchev–Trinajstić information content (AvgIpc) is 2.46. The van der Waals surface area contributed by atoms with Crippen molar-refractivity contribution >= 4 is 21.6 Å². The lowest BCUT2D eigenvalue weighted by Gasteiger charge is -2.07. The van der Waals surface area contributed by atoms with Gasteiger partial charge in [-0.1, -0.05) is 28.1 Å². The van der Waals surface area contributed by atoms with E-state index in [9.17, 15) is 10.1 Å². The number of halogens is 1. The Morgan fingerprint density at radius 3 is 2.55 bits per heavy atom. The maximum atomic E-state index is 10.9. The average molecular weight is 333 g/mol. The van der Waals surface area contributed by atoms with Crippen LogP contribution in [0.1, 0.15) is 11.1 Å². The smallest absolute Gasteiger partial charge is 0.312 e. The van der Waals surface area contributed by atoms with Gasteiger partial charge in [0, 0.05) is 10.5 Å². The maximum Gasteiger partial charge on any atom is 0.312 e. The van der Waals surface area contributed by atoms with Crippen molar-refractivity contribution in [3.05, 3.63) is 68.2 Å². The summed E-state index contributed by atoms with van der Waals surface area (Å²) in [6.45, 7) is 0.203. The number of benzene rings is 2. The van der Waals surface area contributed by atoms with E-state index in [2.05, 4.69) is 15.9 Å². The minimum absolute atomic E-state index is 0.0898. The Hall–Kier alpha value is -2.39. The number of hydrogen-bond donors (Lipinski definition) is 0. The Balaban J connectivity index is 2.14. The van der Waals surface area contributed by atoms with Gasteiger partial charge in [0.1, 0.15) is 6.61 Å². The summed E-state index contributed by atoms with van der Waals surface area (Å²) < 4.78 is 6.09. The third-order valence-corrected chi connectivity index (χ3v) is 3.09. The fourth-order valence-electron chi connectivity index (χ4n) is 1.59. The normalized spacial score (nSPS) is 9.80. The molecule has 0 radical (unpaired) electrons. The topological polar surface area (TPSA) is 76.2 Å². The fraction of sp³-hybridized carbons (Fsp3) is 0.0714. The van der Waals surface area contributed by atoms with Gasteiger partial charge in [0.05, 0.1) is 16.6 Å². The van der Waals surface area contributed by atoms with E-state index in [0.29, 0.717) is 10.0 Å². The van der Waals surface area contributed by atoms with Gasteiger partial charge in [-0.05, 0) is 29.8 Å². The molecule has 2 aromatic rings. The minimum Gasteiger partial charge on any atom is -0.482 e. The Labute approximate surface area is 123 Å². The Morgan fingerprint density at radius 2 is 1.95 bits per heavy atom. The lowest BCUT2D eigenvalue weighted by molar-refractivity contribution is -0.386. The van der Waals surface area contributed by atoms with Crippen LogP contribution in [0.3, 0.4) is 0 Å². The quantitative estimate of drug-likeness (QED) is 0.630. The van der Waals surface area contributed by atoms with E-state index in [4.69, 9.17) is 10.00 Å². The molecule has 6 heteroatoms. The zero-order chi connectivity index (χ0) is 14.5. The molecule has 0 bridgehead atoms. The zero-order valence-corrected chi connectivity index (χ0v) is 11.8. The summed E-state index contributed by atoms with van der Waals surface area (Å²) in [4.78, 5) is 10.5. The lowest BCUT2D eigenvalue weighted by Crippen LogP contribution is -1.99. The highest BCUT2D eigenvalue weighted by atomic mass is 79.9. The van der Waals surface area contributed by atoms with Crippen molar-refractivity contribution in [2.24, 2.45) is 0 Å². The van der Waals surface area contributed by atoms with Gasteiger partial charge in [0.2, 0.25) is 0 Å². The van der Waals surface area contributed by atoms with Crippen LogP contribution in [0.4, 0.5) is 5.69 Å². The molecule has 0 unspecified atom stereocenters. The molecular formula is C14H9BrN2O3. The molecule has 2 aromatic carbocycles. The number of ether oxygens (including phenoxy) is 1. The molecule has 2 rings (SSSR count). The van der Waals surface area contributed by atoms with E-state index in [-0.39, 0.29) is 18.0 Å². The lowest BCUT2D eigenvalue weighted by atomic mass is 10.1. The molecule has 0 fully saturated rings. The molecule has 0 amide bonds. The first-order chi connectivity index (χ1) is 9.60. The van der Waals surface area contributed by atoms with Crippen molar-refractivity contribution < 1.29 is 9.66 Å². The Bertz CT molecular complexity index is 678. The Kier molecular flexibility index (Phi) is 4.33. The third kappa shape index (κ3) is 3.33. The summed E-state index contributed by atoms with van der Waals surface area (Å²) >= 11 is 3.19.